The predicted molar refractivity (Wildman–Crippen MR) is 38.7 cm³/mol. The quantitative estimate of drug-likeness (QED) is 0.592. The van der Waals surface area contributed by atoms with E-state index >= 15 is 0 Å². The predicted octanol–water partition coefficient (Wildman–Crippen LogP) is 1.93. The number of nitrogens with zero attached hydrogens (tertiary/aromatic N) is 1. The molecule has 2 heterocycles. The van der Waals surface area contributed by atoms with Crippen LogP contribution in [0.25, 0.3) is 10.3 Å². The van der Waals surface area contributed by atoms with Crippen molar-refractivity contribution >= 4 is 21.7 Å². The first-order valence-corrected chi connectivity index (χ1v) is 3.64. The molecule has 0 bridgehead atoms. The zero-order valence-corrected chi connectivity index (χ0v) is 5.83. The van der Waals surface area contributed by atoms with E-state index < -0.39 is 0 Å². The normalized spacial score (nSPS) is 10.8. The monoisotopic (exact) mass is 138 g/mol. The molecule has 0 saturated carbocycles. The Morgan fingerprint density at radius 2 is 2.56 bits per heavy atom. The maximum Gasteiger partial charge on any atom is 0.141 e. The van der Waals surface area contributed by atoms with Crippen LogP contribution >= 0.6 is 11.3 Å². The lowest BCUT2D eigenvalue weighted by molar-refractivity contribution is 1.17. The molecular weight excluding hydrogens is 132 g/mol. The molecule has 0 amide bonds. The minimum atomic E-state index is 0.997. The second-order valence-electron chi connectivity index (χ2n) is 1.96. The first-order valence-electron chi connectivity index (χ1n) is 2.76. The summed E-state index contributed by atoms with van der Waals surface area (Å²) in [4.78, 5) is 8.48. The van der Waals surface area contributed by atoms with E-state index in [0.29, 0.717) is 0 Å². The Labute approximate surface area is 56.5 Å². The Morgan fingerprint density at radius 3 is 3.33 bits per heavy atom. The molecule has 0 aliphatic carbocycles. The number of imidazole rings is 1. The van der Waals surface area contributed by atoms with Gasteiger partial charge in [0.25, 0.3) is 0 Å². The molecule has 0 atom stereocenters. The molecule has 0 aliphatic rings. The molecule has 2 nitrogen and oxygen atoms in total. The molecule has 2 aromatic heterocycles. The van der Waals surface area contributed by atoms with Crippen molar-refractivity contribution in [3.8, 4) is 0 Å². The third-order valence-corrected chi connectivity index (χ3v) is 2.04. The van der Waals surface area contributed by atoms with Gasteiger partial charge in [-0.25, -0.2) is 4.98 Å². The zero-order chi connectivity index (χ0) is 6.27. The Morgan fingerprint density at radius 1 is 1.67 bits per heavy atom. The summed E-state index contributed by atoms with van der Waals surface area (Å²) in [6.45, 7) is 1.96. The maximum atomic E-state index is 4.24. The van der Waals surface area contributed by atoms with Crippen molar-refractivity contribution in [2.24, 2.45) is 0 Å². The number of nitrogens with one attached hydrogen (secondary N) is 1. The number of aryl methyl sites for hydroxylation is 1. The van der Waals surface area contributed by atoms with Crippen LogP contribution in [0.2, 0.25) is 0 Å². The van der Waals surface area contributed by atoms with Gasteiger partial charge in [0.15, 0.2) is 0 Å². The second kappa shape index (κ2) is 1.57. The summed E-state index contributed by atoms with van der Waals surface area (Å²) in [6.07, 6.45) is 0. The summed E-state index contributed by atoms with van der Waals surface area (Å²) in [7, 11) is 0. The van der Waals surface area contributed by atoms with Gasteiger partial charge in [-0.2, -0.15) is 0 Å². The van der Waals surface area contributed by atoms with Gasteiger partial charge in [-0.3, -0.25) is 0 Å². The van der Waals surface area contributed by atoms with Crippen LogP contribution in [0.15, 0.2) is 11.4 Å². The van der Waals surface area contributed by atoms with E-state index in [1.54, 1.807) is 11.3 Å². The van der Waals surface area contributed by atoms with Crippen LogP contribution in [0, 0.1) is 6.92 Å². The first-order chi connectivity index (χ1) is 4.36. The molecular formula is C6H6N2S. The average Bonchev–Trinajstić information content (AvgIpc) is 2.22. The minimum Gasteiger partial charge on any atom is -0.341 e. The number of fused-ring (bicyclic) bond motifs is 1. The number of rotatable bonds is 0. The molecule has 2 aromatic rings. The van der Waals surface area contributed by atoms with Crippen LogP contribution < -0.4 is 0 Å². The van der Waals surface area contributed by atoms with Crippen LogP contribution in [-0.4, -0.2) is 9.97 Å². The lowest BCUT2D eigenvalue weighted by Gasteiger charge is -1.72. The molecule has 46 valence electrons. The van der Waals surface area contributed by atoms with E-state index in [0.717, 1.165) is 16.2 Å². The third kappa shape index (κ3) is 0.650. The number of aromatic nitrogens is 2. The Kier molecular flexibility index (Phi) is 0.873. The molecule has 9 heavy (non-hydrogen) atoms. The highest BCUT2D eigenvalue weighted by Gasteiger charge is 1.96. The first kappa shape index (κ1) is 4.99. The van der Waals surface area contributed by atoms with E-state index in [2.05, 4.69) is 9.97 Å². The minimum absolute atomic E-state index is 0.997. The maximum absolute atomic E-state index is 4.24. The summed E-state index contributed by atoms with van der Waals surface area (Å²) in [5.41, 5.74) is 1.15. The van der Waals surface area contributed by atoms with Crippen molar-refractivity contribution in [3.05, 3.63) is 17.3 Å². The SMILES string of the molecule is Cc1nc2sccc2[nH]1. The molecule has 0 aromatic carbocycles. The van der Waals surface area contributed by atoms with Gasteiger partial charge in [0.05, 0.1) is 5.52 Å². The highest BCUT2D eigenvalue weighted by Crippen LogP contribution is 2.16. The fourth-order valence-corrected chi connectivity index (χ4v) is 1.63. The van der Waals surface area contributed by atoms with Gasteiger partial charge in [-0.1, -0.05) is 0 Å². The largest absolute Gasteiger partial charge is 0.341 e. The van der Waals surface area contributed by atoms with Crippen molar-refractivity contribution in [3.63, 3.8) is 0 Å². The summed E-state index contributed by atoms with van der Waals surface area (Å²) in [5.74, 6) is 0.997. The zero-order valence-electron chi connectivity index (χ0n) is 5.01. The van der Waals surface area contributed by atoms with Crippen LogP contribution in [0.1, 0.15) is 5.82 Å². The van der Waals surface area contributed by atoms with Gasteiger partial charge in [-0.05, 0) is 18.4 Å². The van der Waals surface area contributed by atoms with Gasteiger partial charge in [0, 0.05) is 0 Å². The smallest absolute Gasteiger partial charge is 0.141 e. The molecule has 2 rings (SSSR count). The number of aromatic amines is 1. The number of hydrogen-bond acceptors (Lipinski definition) is 2. The van der Waals surface area contributed by atoms with Crippen LogP contribution in [0.4, 0.5) is 0 Å². The topological polar surface area (TPSA) is 28.7 Å². The van der Waals surface area contributed by atoms with Crippen LogP contribution in [0.3, 0.4) is 0 Å². The van der Waals surface area contributed by atoms with Gasteiger partial charge in [0.1, 0.15) is 10.7 Å². The van der Waals surface area contributed by atoms with Crippen LogP contribution in [0.5, 0.6) is 0 Å². The van der Waals surface area contributed by atoms with Crippen molar-refractivity contribution < 1.29 is 0 Å². The molecule has 0 fully saturated rings. The molecule has 0 aliphatic heterocycles. The number of H-pyrrole nitrogens is 1. The Balaban J connectivity index is 2.92. The summed E-state index contributed by atoms with van der Waals surface area (Å²) >= 11 is 1.67. The summed E-state index contributed by atoms with van der Waals surface area (Å²) in [5, 5.41) is 2.04. The molecule has 1 N–H and O–H groups in total. The highest BCUT2D eigenvalue weighted by atomic mass is 32.1. The van der Waals surface area contributed by atoms with E-state index in [9.17, 15) is 0 Å². The van der Waals surface area contributed by atoms with E-state index in [4.69, 9.17) is 0 Å². The lowest BCUT2D eigenvalue weighted by Crippen LogP contribution is -1.68. The number of thiophene rings is 1. The fraction of sp³-hybridized carbons (Fsp3) is 0.167. The number of hydrogen-bond donors (Lipinski definition) is 1. The summed E-state index contributed by atoms with van der Waals surface area (Å²) < 4.78 is 0. The van der Waals surface area contributed by atoms with Gasteiger partial charge in [-0.15, -0.1) is 11.3 Å². The molecule has 0 spiro atoms. The lowest BCUT2D eigenvalue weighted by atomic mass is 10.6. The van der Waals surface area contributed by atoms with E-state index in [1.807, 2.05) is 18.4 Å². The molecule has 0 radical (unpaired) electrons. The van der Waals surface area contributed by atoms with Gasteiger partial charge >= 0.3 is 0 Å². The Hall–Kier alpha value is -0.830. The van der Waals surface area contributed by atoms with Gasteiger partial charge in [0.2, 0.25) is 0 Å². The van der Waals surface area contributed by atoms with Gasteiger partial charge < -0.3 is 4.98 Å². The highest BCUT2D eigenvalue weighted by molar-refractivity contribution is 7.16. The molecule has 0 saturated heterocycles. The second-order valence-corrected chi connectivity index (χ2v) is 2.86. The molecule has 0 unspecified atom stereocenters. The van der Waals surface area contributed by atoms with E-state index in [-0.39, 0.29) is 0 Å². The third-order valence-electron chi connectivity index (χ3n) is 1.23. The van der Waals surface area contributed by atoms with Crippen molar-refractivity contribution in [2.45, 2.75) is 6.92 Å². The summed E-state index contributed by atoms with van der Waals surface area (Å²) in [6, 6.07) is 2.04. The van der Waals surface area contributed by atoms with Crippen LogP contribution in [-0.2, 0) is 0 Å². The standard InChI is InChI=1S/C6H6N2S/c1-4-7-5-2-3-9-6(5)8-4/h2-3H,1H3,(H,7,8). The Bertz CT molecular complexity index is 292. The van der Waals surface area contributed by atoms with Crippen molar-refractivity contribution in [2.75, 3.05) is 0 Å². The fourth-order valence-electron chi connectivity index (χ4n) is 0.858. The average molecular weight is 138 g/mol. The van der Waals surface area contributed by atoms with Crippen molar-refractivity contribution in [1.29, 1.82) is 0 Å². The van der Waals surface area contributed by atoms with E-state index in [1.165, 1.54) is 0 Å². The van der Waals surface area contributed by atoms with Crippen molar-refractivity contribution in [1.82, 2.24) is 9.97 Å². The molecule has 3 heteroatoms.